The Hall–Kier alpha value is -1.52. The second kappa shape index (κ2) is 5.01. The van der Waals surface area contributed by atoms with Gasteiger partial charge in [0.15, 0.2) is 6.61 Å². The Morgan fingerprint density at radius 2 is 2.25 bits per heavy atom. The van der Waals surface area contributed by atoms with Crippen LogP contribution in [-0.2, 0) is 4.79 Å². The Balaban J connectivity index is 1.78. The molecule has 5 nitrogen and oxygen atoms in total. The van der Waals surface area contributed by atoms with Crippen LogP contribution in [0.5, 0.6) is 5.88 Å². The molecule has 2 rings (SSSR count). The standard InChI is InChI=1S/C11H16N2O3/c1-9-7-10(12-16-9)15-8-11(14)13-5-3-2-4-6-13/h7H,2-6,8H2,1H3. The SMILES string of the molecule is Cc1cc(OCC(=O)N2CCCCC2)no1. The number of hydrogen-bond acceptors (Lipinski definition) is 4. The van der Waals surface area contributed by atoms with Gasteiger partial charge < -0.3 is 14.2 Å². The molecule has 0 unspecified atom stereocenters. The predicted molar refractivity (Wildman–Crippen MR) is 57.2 cm³/mol. The number of ether oxygens (including phenoxy) is 1. The zero-order valence-electron chi connectivity index (χ0n) is 9.44. The first kappa shape index (κ1) is 11.0. The quantitative estimate of drug-likeness (QED) is 0.778. The van der Waals surface area contributed by atoms with Gasteiger partial charge in [-0.15, -0.1) is 0 Å². The van der Waals surface area contributed by atoms with E-state index in [0.717, 1.165) is 25.9 Å². The van der Waals surface area contributed by atoms with Gasteiger partial charge in [0.2, 0.25) is 0 Å². The minimum absolute atomic E-state index is 0.0281. The first-order valence-electron chi connectivity index (χ1n) is 5.59. The number of nitrogens with zero attached hydrogens (tertiary/aromatic N) is 2. The van der Waals surface area contributed by atoms with Crippen LogP contribution in [0.4, 0.5) is 0 Å². The van der Waals surface area contributed by atoms with Crippen molar-refractivity contribution < 1.29 is 14.1 Å². The first-order chi connectivity index (χ1) is 7.75. The fourth-order valence-electron chi connectivity index (χ4n) is 1.78. The Morgan fingerprint density at radius 1 is 1.50 bits per heavy atom. The van der Waals surface area contributed by atoms with Crippen molar-refractivity contribution in [1.29, 1.82) is 0 Å². The van der Waals surface area contributed by atoms with Crippen molar-refractivity contribution in [3.05, 3.63) is 11.8 Å². The first-order valence-corrected chi connectivity index (χ1v) is 5.59. The summed E-state index contributed by atoms with van der Waals surface area (Å²) in [6, 6.07) is 1.67. The van der Waals surface area contributed by atoms with E-state index in [4.69, 9.17) is 9.26 Å². The van der Waals surface area contributed by atoms with Gasteiger partial charge in [-0.05, 0) is 31.3 Å². The Kier molecular flexibility index (Phi) is 3.44. The number of carbonyl (C=O) groups is 1. The number of carbonyl (C=O) groups excluding carboxylic acids is 1. The summed E-state index contributed by atoms with van der Waals surface area (Å²) in [5.74, 6) is 1.09. The Morgan fingerprint density at radius 3 is 2.88 bits per heavy atom. The van der Waals surface area contributed by atoms with Crippen molar-refractivity contribution in [1.82, 2.24) is 10.1 Å². The third-order valence-corrected chi connectivity index (χ3v) is 2.66. The van der Waals surface area contributed by atoms with Crippen LogP contribution in [0.1, 0.15) is 25.0 Å². The molecule has 0 aromatic carbocycles. The lowest BCUT2D eigenvalue weighted by molar-refractivity contribution is -0.134. The number of rotatable bonds is 3. The van der Waals surface area contributed by atoms with Gasteiger partial charge in [0.25, 0.3) is 11.8 Å². The van der Waals surface area contributed by atoms with E-state index in [2.05, 4.69) is 5.16 Å². The molecule has 5 heteroatoms. The van der Waals surface area contributed by atoms with Gasteiger partial charge in [-0.3, -0.25) is 4.79 Å². The van der Waals surface area contributed by atoms with Gasteiger partial charge in [0.05, 0.1) is 0 Å². The zero-order valence-corrected chi connectivity index (χ0v) is 9.44. The van der Waals surface area contributed by atoms with Crippen LogP contribution in [0.15, 0.2) is 10.6 Å². The van der Waals surface area contributed by atoms with Crippen molar-refractivity contribution in [2.45, 2.75) is 26.2 Å². The lowest BCUT2D eigenvalue weighted by atomic mass is 10.1. The number of likely N-dealkylation sites (tertiary alicyclic amines) is 1. The summed E-state index contributed by atoms with van der Waals surface area (Å²) < 4.78 is 10.1. The summed E-state index contributed by atoms with van der Waals surface area (Å²) in [6.45, 7) is 3.53. The van der Waals surface area contributed by atoms with Crippen LogP contribution in [0.2, 0.25) is 0 Å². The average Bonchev–Trinajstić information content (AvgIpc) is 2.73. The van der Waals surface area contributed by atoms with E-state index in [0.29, 0.717) is 11.6 Å². The maximum Gasteiger partial charge on any atom is 0.260 e. The molecule has 0 spiro atoms. The van der Waals surface area contributed by atoms with Gasteiger partial charge in [-0.2, -0.15) is 0 Å². The predicted octanol–water partition coefficient (Wildman–Crippen LogP) is 1.37. The summed E-state index contributed by atoms with van der Waals surface area (Å²) in [6.07, 6.45) is 3.40. The Labute approximate surface area is 94.3 Å². The van der Waals surface area contributed by atoms with E-state index < -0.39 is 0 Å². The summed E-state index contributed by atoms with van der Waals surface area (Å²) in [4.78, 5) is 13.6. The van der Waals surface area contributed by atoms with Crippen LogP contribution in [0.3, 0.4) is 0 Å². The molecule has 1 amide bonds. The number of aromatic nitrogens is 1. The van der Waals surface area contributed by atoms with E-state index in [1.807, 2.05) is 4.90 Å². The van der Waals surface area contributed by atoms with Gasteiger partial charge in [-0.25, -0.2) is 0 Å². The Bertz CT molecular complexity index is 356. The van der Waals surface area contributed by atoms with Gasteiger partial charge in [-0.1, -0.05) is 0 Å². The van der Waals surface area contributed by atoms with E-state index in [1.165, 1.54) is 6.42 Å². The lowest BCUT2D eigenvalue weighted by Crippen LogP contribution is -2.38. The number of aryl methyl sites for hydroxylation is 1. The molecule has 16 heavy (non-hydrogen) atoms. The molecule has 1 aromatic heterocycles. The molecule has 1 saturated heterocycles. The summed E-state index contributed by atoms with van der Waals surface area (Å²) in [5.41, 5.74) is 0. The smallest absolute Gasteiger partial charge is 0.260 e. The molecule has 0 saturated carbocycles. The van der Waals surface area contributed by atoms with Crippen molar-refractivity contribution in [2.24, 2.45) is 0 Å². The van der Waals surface area contributed by atoms with Crippen molar-refractivity contribution in [3.63, 3.8) is 0 Å². The van der Waals surface area contributed by atoms with Crippen LogP contribution in [0.25, 0.3) is 0 Å². The summed E-state index contributed by atoms with van der Waals surface area (Å²) in [7, 11) is 0. The van der Waals surface area contributed by atoms with E-state index >= 15 is 0 Å². The van der Waals surface area contributed by atoms with Crippen molar-refractivity contribution >= 4 is 5.91 Å². The molecular weight excluding hydrogens is 208 g/mol. The molecule has 1 aliphatic rings. The zero-order chi connectivity index (χ0) is 11.4. The molecule has 0 N–H and O–H groups in total. The minimum Gasteiger partial charge on any atom is -0.465 e. The second-order valence-electron chi connectivity index (χ2n) is 4.01. The van der Waals surface area contributed by atoms with Gasteiger partial charge >= 0.3 is 0 Å². The fraction of sp³-hybridized carbons (Fsp3) is 0.636. The van der Waals surface area contributed by atoms with E-state index in [-0.39, 0.29) is 12.5 Å². The van der Waals surface area contributed by atoms with E-state index in [1.54, 1.807) is 13.0 Å². The molecule has 1 fully saturated rings. The maximum atomic E-state index is 11.7. The van der Waals surface area contributed by atoms with Crippen LogP contribution < -0.4 is 4.74 Å². The van der Waals surface area contributed by atoms with Crippen LogP contribution in [-0.4, -0.2) is 35.7 Å². The molecule has 1 aliphatic heterocycles. The second-order valence-corrected chi connectivity index (χ2v) is 4.01. The average molecular weight is 224 g/mol. The molecular formula is C11H16N2O3. The molecule has 2 heterocycles. The number of piperidine rings is 1. The van der Waals surface area contributed by atoms with Gasteiger partial charge in [0, 0.05) is 19.2 Å². The van der Waals surface area contributed by atoms with Crippen molar-refractivity contribution in [3.8, 4) is 5.88 Å². The van der Waals surface area contributed by atoms with Gasteiger partial charge in [0.1, 0.15) is 5.76 Å². The third-order valence-electron chi connectivity index (χ3n) is 2.66. The van der Waals surface area contributed by atoms with Crippen LogP contribution >= 0.6 is 0 Å². The number of amides is 1. The monoisotopic (exact) mass is 224 g/mol. The summed E-state index contributed by atoms with van der Waals surface area (Å²) >= 11 is 0. The molecule has 0 bridgehead atoms. The highest BCUT2D eigenvalue weighted by Gasteiger charge is 2.17. The number of hydrogen-bond donors (Lipinski definition) is 0. The highest BCUT2D eigenvalue weighted by atomic mass is 16.5. The van der Waals surface area contributed by atoms with Crippen molar-refractivity contribution in [2.75, 3.05) is 19.7 Å². The highest BCUT2D eigenvalue weighted by Crippen LogP contribution is 2.11. The minimum atomic E-state index is 0.0281. The fourth-order valence-corrected chi connectivity index (χ4v) is 1.78. The largest absolute Gasteiger partial charge is 0.465 e. The maximum absolute atomic E-state index is 11.7. The topological polar surface area (TPSA) is 55.6 Å². The highest BCUT2D eigenvalue weighted by molar-refractivity contribution is 5.77. The molecule has 1 aromatic rings. The third kappa shape index (κ3) is 2.74. The van der Waals surface area contributed by atoms with Crippen LogP contribution in [0, 0.1) is 6.92 Å². The summed E-state index contributed by atoms with van der Waals surface area (Å²) in [5, 5.41) is 3.66. The molecule has 0 radical (unpaired) electrons. The molecule has 0 atom stereocenters. The molecule has 88 valence electrons. The normalized spacial score (nSPS) is 16.2. The molecule has 0 aliphatic carbocycles. The van der Waals surface area contributed by atoms with E-state index in [9.17, 15) is 4.79 Å². The lowest BCUT2D eigenvalue weighted by Gasteiger charge is -2.26.